The number of ketones is 1. The van der Waals surface area contributed by atoms with Crippen LogP contribution in [0.25, 0.3) is 0 Å². The van der Waals surface area contributed by atoms with E-state index in [4.69, 9.17) is 13.9 Å². The molecule has 0 radical (unpaired) electrons. The largest absolute Gasteiger partial charge is 0.485 e. The maximum atomic E-state index is 12.7. The van der Waals surface area contributed by atoms with Crippen molar-refractivity contribution in [2.75, 3.05) is 18.5 Å². The predicted octanol–water partition coefficient (Wildman–Crippen LogP) is 4.39. The van der Waals surface area contributed by atoms with E-state index in [9.17, 15) is 9.59 Å². The molecule has 0 bridgehead atoms. The van der Waals surface area contributed by atoms with Gasteiger partial charge in [0.2, 0.25) is 5.78 Å². The quantitative estimate of drug-likeness (QED) is 0.545. The predicted molar refractivity (Wildman–Crippen MR) is 116 cm³/mol. The summed E-state index contributed by atoms with van der Waals surface area (Å²) < 4.78 is 18.6. The number of benzene rings is 1. The summed E-state index contributed by atoms with van der Waals surface area (Å²) in [6.07, 6.45) is 3.81. The van der Waals surface area contributed by atoms with Crippen LogP contribution >= 0.6 is 0 Å². The van der Waals surface area contributed by atoms with Crippen LogP contribution in [-0.4, -0.2) is 35.6 Å². The van der Waals surface area contributed by atoms with E-state index in [0.29, 0.717) is 17.0 Å². The Morgan fingerprint density at radius 2 is 2.00 bits per heavy atom. The van der Waals surface area contributed by atoms with Crippen molar-refractivity contribution < 1.29 is 23.5 Å². The summed E-state index contributed by atoms with van der Waals surface area (Å²) in [7, 11) is 0. The molecule has 1 N–H and O–H groups in total. The van der Waals surface area contributed by atoms with E-state index in [1.54, 1.807) is 36.4 Å². The zero-order chi connectivity index (χ0) is 21.8. The molecule has 4 rings (SSSR count). The molecule has 1 unspecified atom stereocenters. The van der Waals surface area contributed by atoms with E-state index in [2.05, 4.69) is 9.88 Å². The Kier molecular flexibility index (Phi) is 6.23. The first-order valence-electron chi connectivity index (χ1n) is 10.4. The Labute approximate surface area is 181 Å². The maximum Gasteiger partial charge on any atom is 0.291 e. The lowest BCUT2D eigenvalue weighted by Crippen LogP contribution is -2.18. The molecular formula is C24H26N2O5. The lowest BCUT2D eigenvalue weighted by Gasteiger charge is -2.14. The average Bonchev–Trinajstić information content (AvgIpc) is 3.52. The van der Waals surface area contributed by atoms with Crippen molar-refractivity contribution in [3.05, 3.63) is 71.4 Å². The minimum absolute atomic E-state index is 0.0533. The third kappa shape index (κ3) is 4.88. The van der Waals surface area contributed by atoms with Gasteiger partial charge in [-0.15, -0.1) is 0 Å². The molecule has 0 spiro atoms. The second-order valence-corrected chi connectivity index (χ2v) is 7.70. The third-order valence-corrected chi connectivity index (χ3v) is 5.51. The third-order valence-electron chi connectivity index (χ3n) is 5.51. The Morgan fingerprint density at radius 1 is 1.19 bits per heavy atom. The fourth-order valence-electron chi connectivity index (χ4n) is 3.82. The number of nitrogens with one attached hydrogen (secondary N) is 1. The van der Waals surface area contributed by atoms with Gasteiger partial charge in [0, 0.05) is 35.8 Å². The van der Waals surface area contributed by atoms with Gasteiger partial charge in [0.15, 0.2) is 12.4 Å². The van der Waals surface area contributed by atoms with E-state index < -0.39 is 0 Å². The molecule has 1 aromatic carbocycles. The Bertz CT molecular complexity index is 1040. The summed E-state index contributed by atoms with van der Waals surface area (Å²) >= 11 is 0. The molecule has 31 heavy (non-hydrogen) atoms. The normalized spacial score (nSPS) is 15.7. The molecule has 1 aliphatic heterocycles. The van der Waals surface area contributed by atoms with Crippen LogP contribution in [0.4, 0.5) is 5.69 Å². The summed E-state index contributed by atoms with van der Waals surface area (Å²) in [6, 6.07) is 12.0. The van der Waals surface area contributed by atoms with Gasteiger partial charge < -0.3 is 23.8 Å². The van der Waals surface area contributed by atoms with Crippen LogP contribution in [0, 0.1) is 13.8 Å². The van der Waals surface area contributed by atoms with Crippen LogP contribution in [0.3, 0.4) is 0 Å². The number of carbonyl (C=O) groups excluding carboxylic acids is 2. The molecule has 3 heterocycles. The fraction of sp³-hybridized carbons (Fsp3) is 0.333. The van der Waals surface area contributed by atoms with E-state index in [0.717, 1.165) is 37.4 Å². The number of hydrogen-bond acceptors (Lipinski definition) is 5. The smallest absolute Gasteiger partial charge is 0.291 e. The minimum atomic E-state index is -0.327. The second kappa shape index (κ2) is 9.22. The topological polar surface area (TPSA) is 82.7 Å². The molecule has 1 atom stereocenters. The van der Waals surface area contributed by atoms with Gasteiger partial charge in [-0.1, -0.05) is 0 Å². The summed E-state index contributed by atoms with van der Waals surface area (Å²) in [4.78, 5) is 24.8. The van der Waals surface area contributed by atoms with Gasteiger partial charge in [0.05, 0.1) is 12.4 Å². The van der Waals surface area contributed by atoms with Crippen molar-refractivity contribution in [1.29, 1.82) is 0 Å². The van der Waals surface area contributed by atoms with Gasteiger partial charge in [-0.3, -0.25) is 9.59 Å². The first-order valence-corrected chi connectivity index (χ1v) is 10.4. The van der Waals surface area contributed by atoms with Crippen molar-refractivity contribution in [3.8, 4) is 5.75 Å². The van der Waals surface area contributed by atoms with Gasteiger partial charge in [0.25, 0.3) is 5.91 Å². The molecule has 162 valence electrons. The van der Waals surface area contributed by atoms with Gasteiger partial charge in [0.1, 0.15) is 5.75 Å². The van der Waals surface area contributed by atoms with Gasteiger partial charge in [-0.2, -0.15) is 0 Å². The lowest BCUT2D eigenvalue weighted by atomic mass is 10.1. The van der Waals surface area contributed by atoms with Gasteiger partial charge >= 0.3 is 0 Å². The molecule has 0 aliphatic carbocycles. The zero-order valence-electron chi connectivity index (χ0n) is 17.7. The maximum absolute atomic E-state index is 12.7. The fourth-order valence-corrected chi connectivity index (χ4v) is 3.82. The zero-order valence-corrected chi connectivity index (χ0v) is 17.7. The number of aryl methyl sites for hydroxylation is 1. The van der Waals surface area contributed by atoms with Gasteiger partial charge in [-0.25, -0.2) is 0 Å². The van der Waals surface area contributed by atoms with Crippen LogP contribution in [0.2, 0.25) is 0 Å². The van der Waals surface area contributed by atoms with Crippen molar-refractivity contribution in [1.82, 2.24) is 4.57 Å². The van der Waals surface area contributed by atoms with Crippen molar-refractivity contribution in [3.63, 3.8) is 0 Å². The van der Waals surface area contributed by atoms with Crippen molar-refractivity contribution >= 4 is 17.4 Å². The highest BCUT2D eigenvalue weighted by atomic mass is 16.5. The van der Waals surface area contributed by atoms with Crippen LogP contribution in [-0.2, 0) is 11.3 Å². The highest BCUT2D eigenvalue weighted by Crippen LogP contribution is 2.22. The molecule has 1 amide bonds. The number of nitrogens with zero attached hydrogens (tertiary/aromatic N) is 1. The molecule has 0 saturated carbocycles. The van der Waals surface area contributed by atoms with E-state index >= 15 is 0 Å². The first-order chi connectivity index (χ1) is 15.0. The molecule has 7 heteroatoms. The average molecular weight is 422 g/mol. The van der Waals surface area contributed by atoms with Crippen LogP contribution in [0.1, 0.15) is 45.1 Å². The number of rotatable bonds is 8. The molecular weight excluding hydrogens is 396 g/mol. The summed E-state index contributed by atoms with van der Waals surface area (Å²) in [5, 5.41) is 2.74. The Hall–Kier alpha value is -3.32. The Balaban J connectivity index is 1.34. The summed E-state index contributed by atoms with van der Waals surface area (Å²) in [6.45, 7) is 5.51. The second-order valence-electron chi connectivity index (χ2n) is 7.70. The Morgan fingerprint density at radius 3 is 2.68 bits per heavy atom. The van der Waals surface area contributed by atoms with Crippen LogP contribution < -0.4 is 10.1 Å². The number of anilines is 1. The molecule has 1 saturated heterocycles. The summed E-state index contributed by atoms with van der Waals surface area (Å²) in [5.41, 5.74) is 3.28. The van der Waals surface area contributed by atoms with E-state index in [1.807, 2.05) is 19.9 Å². The highest BCUT2D eigenvalue weighted by Gasteiger charge is 2.21. The lowest BCUT2D eigenvalue weighted by molar-refractivity contribution is 0.0914. The number of aromatic nitrogens is 1. The monoisotopic (exact) mass is 422 g/mol. The number of ether oxygens (including phenoxy) is 2. The number of furan rings is 1. The standard InChI is InChI=1S/C24H26N2O5/c1-16-13-21(17(2)26(16)14-20-5-3-11-29-20)22(27)15-31-19-9-7-18(8-10-19)25-24(28)23-6-4-12-30-23/h4,6-10,12-13,20H,3,5,11,14-15H2,1-2H3,(H,25,28). The number of hydrogen-bond donors (Lipinski definition) is 1. The van der Waals surface area contributed by atoms with Crippen LogP contribution in [0.15, 0.2) is 53.1 Å². The van der Waals surface area contributed by atoms with E-state index in [1.165, 1.54) is 6.26 Å². The molecule has 3 aromatic rings. The van der Waals surface area contributed by atoms with Gasteiger partial charge in [-0.05, 0) is 69.2 Å². The van der Waals surface area contributed by atoms with E-state index in [-0.39, 0.29) is 30.2 Å². The molecule has 1 aliphatic rings. The van der Waals surface area contributed by atoms with Crippen molar-refractivity contribution in [2.24, 2.45) is 0 Å². The summed E-state index contributed by atoms with van der Waals surface area (Å²) in [5.74, 6) is 0.398. The van der Waals surface area contributed by atoms with Crippen LogP contribution in [0.5, 0.6) is 5.75 Å². The molecule has 2 aromatic heterocycles. The number of carbonyl (C=O) groups is 2. The molecule has 7 nitrogen and oxygen atoms in total. The minimum Gasteiger partial charge on any atom is -0.485 e. The number of amides is 1. The van der Waals surface area contributed by atoms with Crippen molar-refractivity contribution in [2.45, 2.75) is 39.3 Å². The SMILES string of the molecule is Cc1cc(C(=O)COc2ccc(NC(=O)c3ccco3)cc2)c(C)n1CC1CCCO1. The highest BCUT2D eigenvalue weighted by molar-refractivity contribution is 6.02. The molecule has 1 fully saturated rings. The number of Topliss-reactive ketones (excluding diaryl/α,β-unsaturated/α-hetero) is 1. The first kappa shape index (κ1) is 20.9.